The van der Waals surface area contributed by atoms with Gasteiger partial charge < -0.3 is 10.5 Å². The van der Waals surface area contributed by atoms with Gasteiger partial charge in [0.15, 0.2) is 0 Å². The molecule has 2 rings (SSSR count). The van der Waals surface area contributed by atoms with Crippen LogP contribution in [0.2, 0.25) is 0 Å². The molecule has 0 aliphatic heterocycles. The van der Waals surface area contributed by atoms with Crippen molar-refractivity contribution >= 4 is 11.9 Å². The van der Waals surface area contributed by atoms with E-state index >= 15 is 0 Å². The quantitative estimate of drug-likeness (QED) is 0.811. The van der Waals surface area contributed by atoms with Crippen molar-refractivity contribution in [3.63, 3.8) is 0 Å². The van der Waals surface area contributed by atoms with Crippen molar-refractivity contribution in [2.24, 2.45) is 0 Å². The highest BCUT2D eigenvalue weighted by molar-refractivity contribution is 5.66. The number of aromatic nitrogens is 2. The number of nitrogens with two attached hydrogens (primary N) is 1. The molecule has 1 amide bonds. The number of hydrazine groups is 1. The SMILES string of the molecule is CCN(CC)N(C)C(=O)O[C@@H]1CC[C@H](c2cc(N)n[nH]2)C1. The van der Waals surface area contributed by atoms with Gasteiger partial charge in [-0.15, -0.1) is 0 Å². The molecule has 0 radical (unpaired) electrons. The summed E-state index contributed by atoms with van der Waals surface area (Å²) in [5, 5.41) is 10.4. The van der Waals surface area contributed by atoms with Crippen molar-refractivity contribution < 1.29 is 9.53 Å². The fourth-order valence-electron chi connectivity index (χ4n) is 2.87. The first-order valence-electron chi connectivity index (χ1n) is 7.55. The standard InChI is InChI=1S/C14H25N5O2/c1-4-19(5-2)18(3)14(20)21-11-7-6-10(8-11)12-9-13(15)17-16-12/h9-11H,4-8H2,1-3H3,(H3,15,16,17)/t10-,11+/m0/s1. The molecule has 3 N–H and O–H groups in total. The van der Waals surface area contributed by atoms with E-state index in [1.165, 1.54) is 0 Å². The average Bonchev–Trinajstić information content (AvgIpc) is 3.09. The van der Waals surface area contributed by atoms with Crippen LogP contribution in [0, 0.1) is 0 Å². The third-order valence-corrected chi connectivity index (χ3v) is 4.13. The number of carbonyl (C=O) groups excluding carboxylic acids is 1. The van der Waals surface area contributed by atoms with Crippen molar-refractivity contribution in [1.82, 2.24) is 20.2 Å². The van der Waals surface area contributed by atoms with E-state index in [0.717, 1.165) is 38.0 Å². The minimum absolute atomic E-state index is 0.0370. The Labute approximate surface area is 125 Å². The molecule has 0 bridgehead atoms. The number of aromatic amines is 1. The van der Waals surface area contributed by atoms with Gasteiger partial charge >= 0.3 is 6.09 Å². The summed E-state index contributed by atoms with van der Waals surface area (Å²) in [5.74, 6) is 0.845. The van der Waals surface area contributed by atoms with E-state index in [2.05, 4.69) is 10.2 Å². The number of hydrogen-bond acceptors (Lipinski definition) is 5. The summed E-state index contributed by atoms with van der Waals surface area (Å²) in [6.45, 7) is 5.59. The predicted molar refractivity (Wildman–Crippen MR) is 80.5 cm³/mol. The van der Waals surface area contributed by atoms with Gasteiger partial charge in [-0.3, -0.25) is 5.10 Å². The molecule has 0 aromatic carbocycles. The zero-order chi connectivity index (χ0) is 15.4. The maximum absolute atomic E-state index is 12.1. The molecule has 1 saturated carbocycles. The van der Waals surface area contributed by atoms with Crippen molar-refractivity contribution in [1.29, 1.82) is 0 Å². The van der Waals surface area contributed by atoms with Crippen molar-refractivity contribution in [3.05, 3.63) is 11.8 Å². The van der Waals surface area contributed by atoms with Gasteiger partial charge in [-0.05, 0) is 19.3 Å². The molecule has 0 spiro atoms. The van der Waals surface area contributed by atoms with Gasteiger partial charge in [-0.1, -0.05) is 13.8 Å². The molecule has 118 valence electrons. The van der Waals surface area contributed by atoms with Gasteiger partial charge in [0.05, 0.1) is 0 Å². The summed E-state index contributed by atoms with van der Waals surface area (Å²) in [4.78, 5) is 12.1. The number of hydrogen-bond donors (Lipinski definition) is 2. The lowest BCUT2D eigenvalue weighted by molar-refractivity contribution is -0.0135. The molecular formula is C14H25N5O2. The van der Waals surface area contributed by atoms with E-state index < -0.39 is 0 Å². The van der Waals surface area contributed by atoms with Crippen molar-refractivity contribution in [3.8, 4) is 0 Å². The number of ether oxygens (including phenoxy) is 1. The second-order valence-electron chi connectivity index (χ2n) is 5.43. The van der Waals surface area contributed by atoms with Gasteiger partial charge in [-0.2, -0.15) is 5.10 Å². The molecule has 1 aliphatic carbocycles. The fourth-order valence-corrected chi connectivity index (χ4v) is 2.87. The van der Waals surface area contributed by atoms with E-state index in [1.54, 1.807) is 12.1 Å². The third-order valence-electron chi connectivity index (χ3n) is 4.13. The van der Waals surface area contributed by atoms with Crippen LogP contribution in [0.15, 0.2) is 6.07 Å². The Morgan fingerprint density at radius 1 is 1.48 bits per heavy atom. The first-order chi connectivity index (χ1) is 10.0. The summed E-state index contributed by atoms with van der Waals surface area (Å²) in [6, 6.07) is 1.86. The maximum Gasteiger partial charge on any atom is 0.424 e. The number of anilines is 1. The molecular weight excluding hydrogens is 270 g/mol. The summed E-state index contributed by atoms with van der Waals surface area (Å²) < 4.78 is 5.60. The summed E-state index contributed by atoms with van der Waals surface area (Å²) >= 11 is 0. The maximum atomic E-state index is 12.1. The Morgan fingerprint density at radius 2 is 2.19 bits per heavy atom. The number of rotatable bonds is 5. The number of nitrogens with one attached hydrogen (secondary N) is 1. The smallest absolute Gasteiger partial charge is 0.424 e. The van der Waals surface area contributed by atoms with Crippen LogP contribution in [0.25, 0.3) is 0 Å². The number of amides is 1. The second-order valence-corrected chi connectivity index (χ2v) is 5.43. The Hall–Kier alpha value is -1.76. The summed E-state index contributed by atoms with van der Waals surface area (Å²) in [6.07, 6.45) is 2.36. The van der Waals surface area contributed by atoms with E-state index in [9.17, 15) is 4.79 Å². The summed E-state index contributed by atoms with van der Waals surface area (Å²) in [5.41, 5.74) is 6.66. The predicted octanol–water partition coefficient (Wildman–Crippen LogP) is 1.95. The first-order valence-corrected chi connectivity index (χ1v) is 7.55. The van der Waals surface area contributed by atoms with Crippen LogP contribution in [0.5, 0.6) is 0 Å². The molecule has 1 aromatic rings. The third kappa shape index (κ3) is 3.66. The monoisotopic (exact) mass is 295 g/mol. The molecule has 1 fully saturated rings. The minimum atomic E-state index is -0.284. The zero-order valence-electron chi connectivity index (χ0n) is 13.0. The normalized spacial score (nSPS) is 21.7. The Bertz CT molecular complexity index is 472. The lowest BCUT2D eigenvalue weighted by Crippen LogP contribution is -2.44. The number of carbonyl (C=O) groups is 1. The molecule has 7 heteroatoms. The van der Waals surface area contributed by atoms with Gasteiger partial charge in [0, 0.05) is 37.8 Å². The fraction of sp³-hybridized carbons (Fsp3) is 0.714. The lowest BCUT2D eigenvalue weighted by Gasteiger charge is -2.30. The van der Waals surface area contributed by atoms with E-state index in [0.29, 0.717) is 11.7 Å². The number of nitrogens with zero attached hydrogens (tertiary/aromatic N) is 3. The van der Waals surface area contributed by atoms with E-state index in [1.807, 2.05) is 24.9 Å². The van der Waals surface area contributed by atoms with Crippen LogP contribution in [0.3, 0.4) is 0 Å². The van der Waals surface area contributed by atoms with Crippen molar-refractivity contribution in [2.45, 2.75) is 45.1 Å². The average molecular weight is 295 g/mol. The van der Waals surface area contributed by atoms with Crippen molar-refractivity contribution in [2.75, 3.05) is 25.9 Å². The zero-order valence-corrected chi connectivity index (χ0v) is 13.0. The van der Waals surface area contributed by atoms with Crippen LogP contribution in [0.1, 0.15) is 44.7 Å². The largest absolute Gasteiger partial charge is 0.445 e. The first kappa shape index (κ1) is 15.6. The van der Waals surface area contributed by atoms with E-state index in [-0.39, 0.29) is 12.2 Å². The minimum Gasteiger partial charge on any atom is -0.445 e. The van der Waals surface area contributed by atoms with Crippen LogP contribution in [-0.2, 0) is 4.74 Å². The number of nitrogen functional groups attached to an aromatic ring is 1. The number of H-pyrrole nitrogens is 1. The van der Waals surface area contributed by atoms with Gasteiger partial charge in [0.25, 0.3) is 0 Å². The molecule has 7 nitrogen and oxygen atoms in total. The van der Waals surface area contributed by atoms with E-state index in [4.69, 9.17) is 10.5 Å². The highest BCUT2D eigenvalue weighted by Gasteiger charge is 2.31. The topological polar surface area (TPSA) is 87.5 Å². The lowest BCUT2D eigenvalue weighted by atomic mass is 10.0. The van der Waals surface area contributed by atoms with Crippen LogP contribution in [0.4, 0.5) is 10.6 Å². The van der Waals surface area contributed by atoms with Gasteiger partial charge in [-0.25, -0.2) is 14.8 Å². The van der Waals surface area contributed by atoms with Gasteiger partial charge in [0.1, 0.15) is 11.9 Å². The van der Waals surface area contributed by atoms with Crippen LogP contribution >= 0.6 is 0 Å². The van der Waals surface area contributed by atoms with Gasteiger partial charge in [0.2, 0.25) is 0 Å². The molecule has 1 aliphatic rings. The second kappa shape index (κ2) is 6.80. The highest BCUT2D eigenvalue weighted by atomic mass is 16.6. The Kier molecular flexibility index (Phi) is 5.06. The Balaban J connectivity index is 1.86. The highest BCUT2D eigenvalue weighted by Crippen LogP contribution is 2.35. The van der Waals surface area contributed by atoms with Crippen LogP contribution < -0.4 is 5.73 Å². The molecule has 21 heavy (non-hydrogen) atoms. The molecule has 2 atom stereocenters. The Morgan fingerprint density at radius 3 is 2.76 bits per heavy atom. The summed E-state index contributed by atoms with van der Waals surface area (Å²) in [7, 11) is 1.75. The molecule has 1 heterocycles. The van der Waals surface area contributed by atoms with Crippen LogP contribution in [-0.4, -0.2) is 52.5 Å². The molecule has 0 unspecified atom stereocenters. The molecule has 1 aromatic heterocycles. The molecule has 0 saturated heterocycles.